The van der Waals surface area contributed by atoms with Crippen LogP contribution in [0, 0.1) is 6.92 Å². The quantitative estimate of drug-likeness (QED) is 0.636. The fraction of sp³-hybridized carbons (Fsp3) is 0.304. The highest BCUT2D eigenvalue weighted by Gasteiger charge is 2.26. The predicted octanol–water partition coefficient (Wildman–Crippen LogP) is 3.67. The van der Waals surface area contributed by atoms with Gasteiger partial charge in [0.15, 0.2) is 0 Å². The molecule has 0 radical (unpaired) electrons. The van der Waals surface area contributed by atoms with Crippen LogP contribution in [-0.4, -0.2) is 41.5 Å². The van der Waals surface area contributed by atoms with Crippen LogP contribution in [-0.2, 0) is 16.6 Å². The van der Waals surface area contributed by atoms with Crippen LogP contribution >= 0.6 is 0 Å². The number of carbonyl (C=O) groups is 1. The number of aromatic nitrogens is 2. The molecule has 1 N–H and O–H groups in total. The van der Waals surface area contributed by atoms with Crippen molar-refractivity contribution in [1.29, 1.82) is 0 Å². The van der Waals surface area contributed by atoms with Crippen molar-refractivity contribution in [2.45, 2.75) is 37.6 Å². The molecule has 3 aromatic rings. The number of piperidine rings is 1. The first kappa shape index (κ1) is 21.3. The number of nitrogens with zero attached hydrogens (tertiary/aromatic N) is 3. The third-order valence-corrected chi connectivity index (χ3v) is 7.42. The molecule has 0 aliphatic carbocycles. The van der Waals surface area contributed by atoms with Gasteiger partial charge in [0.05, 0.1) is 11.4 Å². The van der Waals surface area contributed by atoms with E-state index in [4.69, 9.17) is 0 Å². The number of nitrogens with one attached hydrogen (secondary N) is 1. The molecule has 8 heteroatoms. The van der Waals surface area contributed by atoms with Gasteiger partial charge < -0.3 is 5.32 Å². The van der Waals surface area contributed by atoms with Crippen LogP contribution in [0.25, 0.3) is 0 Å². The summed E-state index contributed by atoms with van der Waals surface area (Å²) in [5.41, 5.74) is 2.85. The molecule has 1 saturated heterocycles. The molecule has 1 fully saturated rings. The highest BCUT2D eigenvalue weighted by atomic mass is 32.2. The van der Waals surface area contributed by atoms with E-state index < -0.39 is 10.0 Å². The van der Waals surface area contributed by atoms with E-state index in [1.54, 1.807) is 36.5 Å². The standard InChI is InChI=1S/C23H26N4O3S/c1-18-6-11-21(31(29,30)27-14-3-2-4-15-27)16-22(18)25-23(28)20-9-7-19(8-10-20)17-26-13-5-12-24-26/h5-13,16H,2-4,14-15,17H2,1H3,(H,25,28). The first-order valence-electron chi connectivity index (χ1n) is 10.4. The summed E-state index contributed by atoms with van der Waals surface area (Å²) in [5.74, 6) is -0.277. The van der Waals surface area contributed by atoms with Crippen molar-refractivity contribution >= 4 is 21.6 Å². The third kappa shape index (κ3) is 4.86. The van der Waals surface area contributed by atoms with Crippen molar-refractivity contribution in [3.05, 3.63) is 77.6 Å². The molecule has 7 nitrogen and oxygen atoms in total. The molecule has 31 heavy (non-hydrogen) atoms. The molecule has 4 rings (SSSR count). The van der Waals surface area contributed by atoms with Gasteiger partial charge >= 0.3 is 0 Å². The first-order valence-corrected chi connectivity index (χ1v) is 11.9. The average Bonchev–Trinajstić information content (AvgIpc) is 3.29. The van der Waals surface area contributed by atoms with Crippen molar-refractivity contribution in [2.75, 3.05) is 18.4 Å². The summed E-state index contributed by atoms with van der Waals surface area (Å²) in [4.78, 5) is 13.0. The Bertz CT molecular complexity index is 1150. The fourth-order valence-corrected chi connectivity index (χ4v) is 5.23. The molecule has 0 bridgehead atoms. The van der Waals surface area contributed by atoms with Crippen molar-refractivity contribution in [2.24, 2.45) is 0 Å². The summed E-state index contributed by atoms with van der Waals surface area (Å²) in [6.07, 6.45) is 6.43. The number of hydrogen-bond acceptors (Lipinski definition) is 4. The zero-order chi connectivity index (χ0) is 21.8. The molecule has 1 aliphatic heterocycles. The summed E-state index contributed by atoms with van der Waals surface area (Å²) in [6, 6.07) is 14.1. The van der Waals surface area contributed by atoms with E-state index in [0.717, 1.165) is 30.4 Å². The maximum absolute atomic E-state index is 13.0. The Labute approximate surface area is 182 Å². The maximum atomic E-state index is 13.0. The number of aryl methyl sites for hydroxylation is 1. The molecular weight excluding hydrogens is 412 g/mol. The first-order chi connectivity index (χ1) is 14.9. The van der Waals surface area contributed by atoms with E-state index in [-0.39, 0.29) is 10.8 Å². The monoisotopic (exact) mass is 438 g/mol. The van der Waals surface area contributed by atoms with Crippen molar-refractivity contribution in [3.8, 4) is 0 Å². The molecule has 1 aromatic heterocycles. The zero-order valence-electron chi connectivity index (χ0n) is 17.5. The van der Waals surface area contributed by atoms with Gasteiger partial charge in [-0.05, 0) is 61.2 Å². The molecule has 1 aliphatic rings. The van der Waals surface area contributed by atoms with Gasteiger partial charge in [-0.2, -0.15) is 9.40 Å². The lowest BCUT2D eigenvalue weighted by Crippen LogP contribution is -2.35. The minimum Gasteiger partial charge on any atom is -0.322 e. The topological polar surface area (TPSA) is 84.3 Å². The number of anilines is 1. The van der Waals surface area contributed by atoms with Gasteiger partial charge in [0.2, 0.25) is 10.0 Å². The van der Waals surface area contributed by atoms with E-state index in [0.29, 0.717) is 30.9 Å². The molecule has 0 saturated carbocycles. The maximum Gasteiger partial charge on any atom is 0.255 e. The van der Waals surface area contributed by atoms with Crippen molar-refractivity contribution < 1.29 is 13.2 Å². The van der Waals surface area contributed by atoms with E-state index in [1.807, 2.05) is 36.0 Å². The number of carbonyl (C=O) groups excluding carboxylic acids is 1. The second-order valence-corrected chi connectivity index (χ2v) is 9.73. The van der Waals surface area contributed by atoms with Crippen LogP contribution in [0.4, 0.5) is 5.69 Å². The number of amides is 1. The summed E-state index contributed by atoms with van der Waals surface area (Å²) < 4.78 is 29.3. The van der Waals surface area contributed by atoms with E-state index >= 15 is 0 Å². The van der Waals surface area contributed by atoms with Gasteiger partial charge in [-0.3, -0.25) is 9.48 Å². The summed E-state index contributed by atoms with van der Waals surface area (Å²) in [6.45, 7) is 3.57. The van der Waals surface area contributed by atoms with Gasteiger partial charge in [0.1, 0.15) is 0 Å². The number of hydrogen-bond donors (Lipinski definition) is 1. The van der Waals surface area contributed by atoms with Crippen LogP contribution in [0.5, 0.6) is 0 Å². The normalized spacial score (nSPS) is 15.0. The number of benzene rings is 2. The lowest BCUT2D eigenvalue weighted by molar-refractivity contribution is 0.102. The number of sulfonamides is 1. The van der Waals surface area contributed by atoms with Gasteiger partial charge in [-0.25, -0.2) is 8.42 Å². The summed E-state index contributed by atoms with van der Waals surface area (Å²) >= 11 is 0. The lowest BCUT2D eigenvalue weighted by Gasteiger charge is -2.26. The molecule has 2 heterocycles. The average molecular weight is 439 g/mol. The highest BCUT2D eigenvalue weighted by molar-refractivity contribution is 7.89. The second-order valence-electron chi connectivity index (χ2n) is 7.80. The van der Waals surface area contributed by atoms with Crippen LogP contribution in [0.15, 0.2) is 65.8 Å². The Kier molecular flexibility index (Phi) is 6.20. The van der Waals surface area contributed by atoms with Crippen LogP contribution in [0.1, 0.15) is 40.7 Å². The largest absolute Gasteiger partial charge is 0.322 e. The molecule has 0 spiro atoms. The van der Waals surface area contributed by atoms with Crippen LogP contribution in [0.2, 0.25) is 0 Å². The molecule has 2 aromatic carbocycles. The number of rotatable bonds is 6. The zero-order valence-corrected chi connectivity index (χ0v) is 18.3. The fourth-order valence-electron chi connectivity index (χ4n) is 3.69. The van der Waals surface area contributed by atoms with Crippen LogP contribution in [0.3, 0.4) is 0 Å². The van der Waals surface area contributed by atoms with Crippen LogP contribution < -0.4 is 5.32 Å². The lowest BCUT2D eigenvalue weighted by atomic mass is 10.1. The minimum absolute atomic E-state index is 0.213. The predicted molar refractivity (Wildman–Crippen MR) is 120 cm³/mol. The smallest absolute Gasteiger partial charge is 0.255 e. The van der Waals surface area contributed by atoms with E-state index in [1.165, 1.54) is 4.31 Å². The van der Waals surface area contributed by atoms with Gasteiger partial charge in [-0.1, -0.05) is 24.6 Å². The molecule has 0 unspecified atom stereocenters. The summed E-state index contributed by atoms with van der Waals surface area (Å²) in [7, 11) is -3.56. The van der Waals surface area contributed by atoms with E-state index in [9.17, 15) is 13.2 Å². The molecule has 1 amide bonds. The van der Waals surface area contributed by atoms with Gasteiger partial charge in [0.25, 0.3) is 5.91 Å². The Morgan fingerprint density at radius 1 is 1.06 bits per heavy atom. The van der Waals surface area contributed by atoms with Gasteiger partial charge in [0, 0.05) is 36.7 Å². The molecule has 162 valence electrons. The van der Waals surface area contributed by atoms with E-state index in [2.05, 4.69) is 10.4 Å². The Morgan fingerprint density at radius 2 is 1.81 bits per heavy atom. The molecular formula is C23H26N4O3S. The Morgan fingerprint density at radius 3 is 2.48 bits per heavy atom. The minimum atomic E-state index is -3.56. The Hall–Kier alpha value is -2.97. The SMILES string of the molecule is Cc1ccc(S(=O)(=O)N2CCCCC2)cc1NC(=O)c1ccc(Cn2cccn2)cc1. The third-order valence-electron chi connectivity index (χ3n) is 5.53. The van der Waals surface area contributed by atoms with Crippen molar-refractivity contribution in [1.82, 2.24) is 14.1 Å². The second kappa shape index (κ2) is 9.03. The van der Waals surface area contributed by atoms with Gasteiger partial charge in [-0.15, -0.1) is 0 Å². The summed E-state index contributed by atoms with van der Waals surface area (Å²) in [5, 5.41) is 7.05. The molecule has 0 atom stereocenters. The highest BCUT2D eigenvalue weighted by Crippen LogP contribution is 2.25. The van der Waals surface area contributed by atoms with Crippen molar-refractivity contribution in [3.63, 3.8) is 0 Å². The Balaban J connectivity index is 1.49.